The van der Waals surface area contributed by atoms with Gasteiger partial charge in [-0.25, -0.2) is 0 Å². The Labute approximate surface area is 145 Å². The molecule has 2 rings (SSSR count). The molecule has 0 aliphatic heterocycles. The van der Waals surface area contributed by atoms with E-state index in [4.69, 9.17) is 4.74 Å². The van der Waals surface area contributed by atoms with Gasteiger partial charge in [-0.05, 0) is 48.8 Å². The predicted molar refractivity (Wildman–Crippen MR) is 96.2 cm³/mol. The zero-order valence-corrected chi connectivity index (χ0v) is 15.0. The number of ether oxygens (including phenoxy) is 1. The van der Waals surface area contributed by atoms with E-state index in [-0.39, 0.29) is 0 Å². The van der Waals surface area contributed by atoms with Gasteiger partial charge in [0.1, 0.15) is 11.8 Å². The van der Waals surface area contributed by atoms with E-state index in [0.29, 0.717) is 24.8 Å². The lowest BCUT2D eigenvalue weighted by Gasteiger charge is -2.22. The first-order chi connectivity index (χ1) is 11.5. The van der Waals surface area contributed by atoms with Crippen molar-refractivity contribution in [2.45, 2.75) is 65.0 Å². The Morgan fingerprint density at radius 3 is 2.71 bits per heavy atom. The van der Waals surface area contributed by atoms with Crippen molar-refractivity contribution in [3.8, 4) is 5.75 Å². The number of benzene rings is 1. The molecular weight excluding hydrogens is 302 g/mol. The molecule has 24 heavy (non-hydrogen) atoms. The molecule has 0 radical (unpaired) electrons. The Hall–Kier alpha value is -1.55. The fraction of sp³-hybridized carbons (Fsp3) is 0.650. The highest BCUT2D eigenvalue weighted by Crippen LogP contribution is 2.25. The average Bonchev–Trinajstić information content (AvgIpc) is 2.57. The van der Waals surface area contributed by atoms with E-state index in [9.17, 15) is 9.90 Å². The first-order valence-corrected chi connectivity index (χ1v) is 9.22. The SMILES string of the molecule is CC(C)C[C@H](NCc1cccc(OCC2CCCCC2)c1)C(=O)O. The Morgan fingerprint density at radius 2 is 2.04 bits per heavy atom. The van der Waals surface area contributed by atoms with Crippen LogP contribution >= 0.6 is 0 Å². The van der Waals surface area contributed by atoms with Gasteiger partial charge in [0.15, 0.2) is 0 Å². The maximum Gasteiger partial charge on any atom is 0.320 e. The Morgan fingerprint density at radius 1 is 1.29 bits per heavy atom. The van der Waals surface area contributed by atoms with Crippen LogP contribution in [0.2, 0.25) is 0 Å². The lowest BCUT2D eigenvalue weighted by Crippen LogP contribution is -2.37. The average molecular weight is 333 g/mol. The normalized spacial score (nSPS) is 17.0. The molecule has 0 bridgehead atoms. The summed E-state index contributed by atoms with van der Waals surface area (Å²) in [7, 11) is 0. The number of carboxylic acids is 1. The summed E-state index contributed by atoms with van der Waals surface area (Å²) < 4.78 is 5.96. The van der Waals surface area contributed by atoms with Gasteiger partial charge >= 0.3 is 5.97 Å². The molecule has 0 amide bonds. The van der Waals surface area contributed by atoms with Crippen LogP contribution in [-0.2, 0) is 11.3 Å². The third-order valence-electron chi connectivity index (χ3n) is 4.67. The third-order valence-corrected chi connectivity index (χ3v) is 4.67. The molecular formula is C20H31NO3. The van der Waals surface area contributed by atoms with Gasteiger partial charge in [-0.1, -0.05) is 45.2 Å². The van der Waals surface area contributed by atoms with Crippen molar-refractivity contribution in [1.82, 2.24) is 5.32 Å². The van der Waals surface area contributed by atoms with Crippen molar-refractivity contribution in [2.24, 2.45) is 11.8 Å². The zero-order valence-electron chi connectivity index (χ0n) is 15.0. The Bertz CT molecular complexity index is 509. The van der Waals surface area contributed by atoms with Crippen LogP contribution in [0.4, 0.5) is 0 Å². The molecule has 1 aromatic carbocycles. The van der Waals surface area contributed by atoms with Crippen molar-refractivity contribution in [2.75, 3.05) is 6.61 Å². The Balaban J connectivity index is 1.83. The van der Waals surface area contributed by atoms with Gasteiger partial charge in [-0.3, -0.25) is 4.79 Å². The number of carboxylic acid groups (broad SMARTS) is 1. The molecule has 1 aromatic rings. The van der Waals surface area contributed by atoms with Gasteiger partial charge in [0.2, 0.25) is 0 Å². The van der Waals surface area contributed by atoms with Crippen molar-refractivity contribution < 1.29 is 14.6 Å². The topological polar surface area (TPSA) is 58.6 Å². The summed E-state index contributed by atoms with van der Waals surface area (Å²) in [5.41, 5.74) is 1.06. The van der Waals surface area contributed by atoms with E-state index in [1.807, 2.05) is 38.1 Å². The first-order valence-electron chi connectivity index (χ1n) is 9.22. The van der Waals surface area contributed by atoms with Gasteiger partial charge in [0, 0.05) is 6.54 Å². The minimum Gasteiger partial charge on any atom is -0.493 e. The maximum atomic E-state index is 11.3. The molecule has 0 saturated heterocycles. The number of rotatable bonds is 9. The fourth-order valence-corrected chi connectivity index (χ4v) is 3.30. The minimum atomic E-state index is -0.784. The summed E-state index contributed by atoms with van der Waals surface area (Å²) in [5, 5.41) is 12.4. The summed E-state index contributed by atoms with van der Waals surface area (Å²) in [4.78, 5) is 11.3. The summed E-state index contributed by atoms with van der Waals surface area (Å²) in [6, 6.07) is 7.48. The standard InChI is InChI=1S/C20H31NO3/c1-15(2)11-19(20(22)23)21-13-17-9-6-10-18(12-17)24-14-16-7-4-3-5-8-16/h6,9-10,12,15-16,19,21H,3-5,7-8,11,13-14H2,1-2H3,(H,22,23)/t19-/m0/s1. The molecule has 0 spiro atoms. The van der Waals surface area contributed by atoms with E-state index in [1.54, 1.807) is 0 Å². The van der Waals surface area contributed by atoms with Crippen LogP contribution in [0.5, 0.6) is 5.75 Å². The van der Waals surface area contributed by atoms with E-state index in [1.165, 1.54) is 32.1 Å². The van der Waals surface area contributed by atoms with E-state index >= 15 is 0 Å². The third kappa shape index (κ3) is 6.52. The molecule has 0 aromatic heterocycles. The summed E-state index contributed by atoms with van der Waals surface area (Å²) in [6.45, 7) is 5.42. The van der Waals surface area contributed by atoms with Crippen LogP contribution in [0.15, 0.2) is 24.3 Å². The van der Waals surface area contributed by atoms with Crippen LogP contribution in [0.1, 0.15) is 57.9 Å². The highest BCUT2D eigenvalue weighted by atomic mass is 16.5. The molecule has 134 valence electrons. The second kappa shape index (κ2) is 9.67. The summed E-state index contributed by atoms with van der Waals surface area (Å²) >= 11 is 0. The molecule has 1 aliphatic rings. The second-order valence-corrected chi connectivity index (χ2v) is 7.36. The number of aliphatic carboxylic acids is 1. The molecule has 0 heterocycles. The predicted octanol–water partition coefficient (Wildman–Crippen LogP) is 4.23. The van der Waals surface area contributed by atoms with Crippen molar-refractivity contribution in [1.29, 1.82) is 0 Å². The van der Waals surface area contributed by atoms with Gasteiger partial charge < -0.3 is 15.2 Å². The van der Waals surface area contributed by atoms with Crippen molar-refractivity contribution >= 4 is 5.97 Å². The molecule has 4 nitrogen and oxygen atoms in total. The van der Waals surface area contributed by atoms with Gasteiger partial charge in [-0.2, -0.15) is 0 Å². The van der Waals surface area contributed by atoms with E-state index < -0.39 is 12.0 Å². The molecule has 1 atom stereocenters. The highest BCUT2D eigenvalue weighted by Gasteiger charge is 2.18. The van der Waals surface area contributed by atoms with Crippen molar-refractivity contribution in [3.05, 3.63) is 29.8 Å². The summed E-state index contributed by atoms with van der Waals surface area (Å²) in [5.74, 6) is 1.13. The van der Waals surface area contributed by atoms with Crippen LogP contribution in [-0.4, -0.2) is 23.7 Å². The number of carbonyl (C=O) groups is 1. The molecule has 1 saturated carbocycles. The van der Waals surface area contributed by atoms with E-state index in [2.05, 4.69) is 5.32 Å². The van der Waals surface area contributed by atoms with Crippen LogP contribution < -0.4 is 10.1 Å². The number of nitrogens with one attached hydrogen (secondary N) is 1. The zero-order chi connectivity index (χ0) is 17.4. The maximum absolute atomic E-state index is 11.3. The molecule has 2 N–H and O–H groups in total. The Kier molecular flexibility index (Phi) is 7.57. The van der Waals surface area contributed by atoms with Crippen molar-refractivity contribution in [3.63, 3.8) is 0 Å². The monoisotopic (exact) mass is 333 g/mol. The van der Waals surface area contributed by atoms with Gasteiger partial charge in [0.05, 0.1) is 6.61 Å². The minimum absolute atomic E-state index is 0.351. The summed E-state index contributed by atoms with van der Waals surface area (Å²) in [6.07, 6.45) is 7.19. The quantitative estimate of drug-likeness (QED) is 0.710. The first kappa shape index (κ1) is 18.8. The fourth-order valence-electron chi connectivity index (χ4n) is 3.30. The lowest BCUT2D eigenvalue weighted by molar-refractivity contribution is -0.140. The number of hydrogen-bond donors (Lipinski definition) is 2. The number of hydrogen-bond acceptors (Lipinski definition) is 3. The largest absolute Gasteiger partial charge is 0.493 e. The molecule has 1 fully saturated rings. The van der Waals surface area contributed by atoms with Gasteiger partial charge in [0.25, 0.3) is 0 Å². The highest BCUT2D eigenvalue weighted by molar-refractivity contribution is 5.73. The lowest BCUT2D eigenvalue weighted by atomic mass is 9.90. The van der Waals surface area contributed by atoms with Gasteiger partial charge in [-0.15, -0.1) is 0 Å². The van der Waals surface area contributed by atoms with Crippen LogP contribution in [0.3, 0.4) is 0 Å². The molecule has 1 aliphatic carbocycles. The van der Waals surface area contributed by atoms with E-state index in [0.717, 1.165) is 17.9 Å². The second-order valence-electron chi connectivity index (χ2n) is 7.36. The molecule has 4 heteroatoms. The van der Waals surface area contributed by atoms with Crippen LogP contribution in [0.25, 0.3) is 0 Å². The molecule has 0 unspecified atom stereocenters. The smallest absolute Gasteiger partial charge is 0.320 e. The van der Waals surface area contributed by atoms with Crippen LogP contribution in [0, 0.1) is 11.8 Å².